The lowest BCUT2D eigenvalue weighted by Gasteiger charge is -2.13. The monoisotopic (exact) mass is 295 g/mol. The molecule has 1 aliphatic rings. The van der Waals surface area contributed by atoms with E-state index in [-0.39, 0.29) is 5.75 Å². The fourth-order valence-electron chi connectivity index (χ4n) is 2.95. The molecule has 0 atom stereocenters. The van der Waals surface area contributed by atoms with Crippen molar-refractivity contribution in [1.82, 2.24) is 0 Å². The van der Waals surface area contributed by atoms with Gasteiger partial charge in [0.2, 0.25) is 0 Å². The molecule has 0 saturated heterocycles. The first-order valence-corrected chi connectivity index (χ1v) is 9.34. The molecule has 1 aliphatic carbocycles. The Morgan fingerprint density at radius 2 is 1.90 bits per heavy atom. The molecule has 0 aliphatic heterocycles. The second-order valence-corrected chi connectivity index (χ2v) is 7.87. The third-order valence-electron chi connectivity index (χ3n) is 4.18. The number of para-hydroxylation sites is 1. The Morgan fingerprint density at radius 3 is 2.60 bits per heavy atom. The van der Waals surface area contributed by atoms with E-state index in [2.05, 4.69) is 5.32 Å². The summed E-state index contributed by atoms with van der Waals surface area (Å²) in [6.45, 7) is 2.54. The standard InChI is InChI=1S/C16H25NO2S/c1-2-20(18,19)16-12-6-5-11-15(16)17-13-7-10-14-8-3-4-9-14/h5-6,11-12,14,17H,2-4,7-10,13H2,1H3. The van der Waals surface area contributed by atoms with E-state index in [1.165, 1.54) is 32.1 Å². The maximum absolute atomic E-state index is 12.0. The number of hydrogen-bond acceptors (Lipinski definition) is 3. The van der Waals surface area contributed by atoms with Crippen LogP contribution in [0, 0.1) is 5.92 Å². The third kappa shape index (κ3) is 3.98. The van der Waals surface area contributed by atoms with Crippen LogP contribution >= 0.6 is 0 Å². The van der Waals surface area contributed by atoms with Crippen molar-refractivity contribution in [2.75, 3.05) is 17.6 Å². The van der Waals surface area contributed by atoms with Gasteiger partial charge in [0.25, 0.3) is 0 Å². The van der Waals surface area contributed by atoms with Gasteiger partial charge in [-0.3, -0.25) is 0 Å². The van der Waals surface area contributed by atoms with Crippen LogP contribution in [0.15, 0.2) is 29.2 Å². The Balaban J connectivity index is 1.89. The Labute approximate surface area is 122 Å². The van der Waals surface area contributed by atoms with E-state index in [9.17, 15) is 8.42 Å². The molecule has 112 valence electrons. The Bertz CT molecular complexity index is 519. The SMILES string of the molecule is CCS(=O)(=O)c1ccccc1NCCCC1CCCC1. The highest BCUT2D eigenvalue weighted by Gasteiger charge is 2.16. The number of anilines is 1. The van der Waals surface area contributed by atoms with Gasteiger partial charge in [-0.05, 0) is 30.9 Å². The van der Waals surface area contributed by atoms with Crippen LogP contribution in [0.2, 0.25) is 0 Å². The van der Waals surface area contributed by atoms with Crippen molar-refractivity contribution in [2.45, 2.75) is 50.3 Å². The molecule has 0 spiro atoms. The summed E-state index contributed by atoms with van der Waals surface area (Å²) in [5.74, 6) is 1.04. The molecule has 0 bridgehead atoms. The minimum atomic E-state index is -3.14. The van der Waals surface area contributed by atoms with Gasteiger partial charge in [0.1, 0.15) is 0 Å². The third-order valence-corrected chi connectivity index (χ3v) is 5.97. The van der Waals surface area contributed by atoms with Crippen molar-refractivity contribution in [2.24, 2.45) is 5.92 Å². The van der Waals surface area contributed by atoms with Gasteiger partial charge in [-0.1, -0.05) is 44.7 Å². The highest BCUT2D eigenvalue weighted by atomic mass is 32.2. The van der Waals surface area contributed by atoms with E-state index in [0.29, 0.717) is 4.90 Å². The van der Waals surface area contributed by atoms with Crippen LogP contribution in [0.4, 0.5) is 5.69 Å². The van der Waals surface area contributed by atoms with Crippen LogP contribution in [-0.4, -0.2) is 20.7 Å². The zero-order valence-corrected chi connectivity index (χ0v) is 13.1. The molecule has 1 fully saturated rings. The molecule has 0 heterocycles. The molecular formula is C16H25NO2S. The maximum atomic E-state index is 12.0. The summed E-state index contributed by atoms with van der Waals surface area (Å²) in [5, 5.41) is 3.30. The van der Waals surface area contributed by atoms with Crippen molar-refractivity contribution in [3.05, 3.63) is 24.3 Å². The molecule has 1 aromatic carbocycles. The second kappa shape index (κ2) is 7.11. The lowest BCUT2D eigenvalue weighted by Crippen LogP contribution is -2.10. The van der Waals surface area contributed by atoms with Crippen molar-refractivity contribution in [3.8, 4) is 0 Å². The Morgan fingerprint density at radius 1 is 1.20 bits per heavy atom. The van der Waals surface area contributed by atoms with E-state index in [1.807, 2.05) is 12.1 Å². The van der Waals surface area contributed by atoms with E-state index in [4.69, 9.17) is 0 Å². The van der Waals surface area contributed by atoms with Crippen LogP contribution in [0.5, 0.6) is 0 Å². The van der Waals surface area contributed by atoms with Gasteiger partial charge in [0, 0.05) is 6.54 Å². The molecule has 0 amide bonds. The van der Waals surface area contributed by atoms with Crippen LogP contribution < -0.4 is 5.32 Å². The van der Waals surface area contributed by atoms with Crippen LogP contribution in [0.25, 0.3) is 0 Å². The number of sulfone groups is 1. The summed E-state index contributed by atoms with van der Waals surface area (Å²) in [6.07, 6.45) is 7.90. The van der Waals surface area contributed by atoms with Crippen molar-refractivity contribution in [1.29, 1.82) is 0 Å². The van der Waals surface area contributed by atoms with Gasteiger partial charge in [-0.15, -0.1) is 0 Å². The number of rotatable bonds is 7. The highest BCUT2D eigenvalue weighted by Crippen LogP contribution is 2.28. The molecular weight excluding hydrogens is 270 g/mol. The van der Waals surface area contributed by atoms with Gasteiger partial charge in [-0.2, -0.15) is 0 Å². The highest BCUT2D eigenvalue weighted by molar-refractivity contribution is 7.91. The normalized spacial score (nSPS) is 16.4. The minimum Gasteiger partial charge on any atom is -0.384 e. The fourth-order valence-corrected chi connectivity index (χ4v) is 4.02. The van der Waals surface area contributed by atoms with Crippen LogP contribution in [0.3, 0.4) is 0 Å². The number of hydrogen-bond donors (Lipinski definition) is 1. The zero-order chi connectivity index (χ0) is 14.4. The summed E-state index contributed by atoms with van der Waals surface area (Å²) in [7, 11) is -3.14. The van der Waals surface area contributed by atoms with Crippen LogP contribution in [0.1, 0.15) is 45.4 Å². The van der Waals surface area contributed by atoms with Gasteiger partial charge < -0.3 is 5.32 Å². The smallest absolute Gasteiger partial charge is 0.180 e. The molecule has 1 N–H and O–H groups in total. The van der Waals surface area contributed by atoms with Gasteiger partial charge in [0.15, 0.2) is 9.84 Å². The molecule has 1 aromatic rings. The minimum absolute atomic E-state index is 0.147. The van der Waals surface area contributed by atoms with Crippen molar-refractivity contribution >= 4 is 15.5 Å². The summed E-state index contributed by atoms with van der Waals surface area (Å²) >= 11 is 0. The van der Waals surface area contributed by atoms with Gasteiger partial charge in [0.05, 0.1) is 16.3 Å². The van der Waals surface area contributed by atoms with Crippen LogP contribution in [-0.2, 0) is 9.84 Å². The summed E-state index contributed by atoms with van der Waals surface area (Å²) in [4.78, 5) is 0.434. The zero-order valence-electron chi connectivity index (χ0n) is 12.3. The molecule has 0 radical (unpaired) electrons. The largest absolute Gasteiger partial charge is 0.384 e. The predicted octanol–water partition coefficient (Wildman–Crippen LogP) is 3.86. The number of benzene rings is 1. The molecule has 3 nitrogen and oxygen atoms in total. The molecule has 2 rings (SSSR count). The number of nitrogens with one attached hydrogen (secondary N) is 1. The molecule has 0 aromatic heterocycles. The summed E-state index contributed by atoms with van der Waals surface area (Å²) < 4.78 is 24.0. The van der Waals surface area contributed by atoms with E-state index in [1.54, 1.807) is 19.1 Å². The average Bonchev–Trinajstić information content (AvgIpc) is 2.97. The second-order valence-electron chi connectivity index (χ2n) is 5.62. The first kappa shape index (κ1) is 15.4. The van der Waals surface area contributed by atoms with Crippen molar-refractivity contribution < 1.29 is 8.42 Å². The van der Waals surface area contributed by atoms with E-state index < -0.39 is 9.84 Å². The van der Waals surface area contributed by atoms with Gasteiger partial charge >= 0.3 is 0 Å². The molecule has 20 heavy (non-hydrogen) atoms. The van der Waals surface area contributed by atoms with Gasteiger partial charge in [-0.25, -0.2) is 8.42 Å². The quantitative estimate of drug-likeness (QED) is 0.777. The first-order valence-electron chi connectivity index (χ1n) is 7.69. The lowest BCUT2D eigenvalue weighted by molar-refractivity contribution is 0.491. The maximum Gasteiger partial charge on any atom is 0.180 e. The first-order chi connectivity index (χ1) is 9.63. The lowest BCUT2D eigenvalue weighted by atomic mass is 10.0. The van der Waals surface area contributed by atoms with E-state index in [0.717, 1.165) is 24.6 Å². The average molecular weight is 295 g/mol. The molecule has 0 unspecified atom stereocenters. The fraction of sp³-hybridized carbons (Fsp3) is 0.625. The Hall–Kier alpha value is -1.03. The Kier molecular flexibility index (Phi) is 5.46. The summed E-state index contributed by atoms with van der Waals surface area (Å²) in [5.41, 5.74) is 0.751. The van der Waals surface area contributed by atoms with Crippen molar-refractivity contribution in [3.63, 3.8) is 0 Å². The molecule has 1 saturated carbocycles. The molecule has 4 heteroatoms. The topological polar surface area (TPSA) is 46.2 Å². The van der Waals surface area contributed by atoms with E-state index >= 15 is 0 Å². The predicted molar refractivity (Wildman–Crippen MR) is 83.9 cm³/mol. The summed E-state index contributed by atoms with van der Waals surface area (Å²) in [6, 6.07) is 7.22.